The van der Waals surface area contributed by atoms with Crippen LogP contribution in [0.25, 0.3) is 11.0 Å². The zero-order valence-electron chi connectivity index (χ0n) is 16.9. The minimum Gasteiger partial charge on any atom is -0.463 e. The first-order chi connectivity index (χ1) is 13.7. The molecular formula is C21H29ClN6O. The Bertz CT molecular complexity index is 921. The summed E-state index contributed by atoms with van der Waals surface area (Å²) in [4.78, 5) is 11.3. The highest BCUT2D eigenvalue weighted by atomic mass is 35.5. The number of rotatable bonds is 8. The Balaban J connectivity index is 0.00000240. The largest absolute Gasteiger partial charge is 0.463 e. The van der Waals surface area contributed by atoms with E-state index in [9.17, 15) is 0 Å². The first-order valence-corrected chi connectivity index (χ1v) is 10.1. The zero-order chi connectivity index (χ0) is 19.3. The lowest BCUT2D eigenvalue weighted by atomic mass is 10.1. The molecule has 0 spiro atoms. The number of halogens is 1. The van der Waals surface area contributed by atoms with Crippen molar-refractivity contribution >= 4 is 29.3 Å². The summed E-state index contributed by atoms with van der Waals surface area (Å²) in [5.74, 6) is 0.406. The fourth-order valence-corrected chi connectivity index (χ4v) is 3.57. The number of anilines is 1. The molecule has 0 aliphatic carbocycles. The molecule has 3 aromatic rings. The number of ether oxygens (including phenoxy) is 1. The molecule has 0 unspecified atom stereocenters. The van der Waals surface area contributed by atoms with Crippen LogP contribution in [-0.4, -0.2) is 44.3 Å². The molecular weight excluding hydrogens is 388 g/mol. The number of aromatic nitrogens is 4. The molecule has 29 heavy (non-hydrogen) atoms. The molecule has 0 bridgehead atoms. The Hall–Kier alpha value is -2.38. The van der Waals surface area contributed by atoms with Gasteiger partial charge in [-0.05, 0) is 43.5 Å². The third kappa shape index (κ3) is 5.16. The van der Waals surface area contributed by atoms with Crippen LogP contribution in [-0.2, 0) is 13.1 Å². The van der Waals surface area contributed by atoms with Crippen molar-refractivity contribution in [1.29, 1.82) is 0 Å². The second kappa shape index (κ2) is 9.89. The van der Waals surface area contributed by atoms with Crippen molar-refractivity contribution in [2.24, 2.45) is 0 Å². The average Bonchev–Trinajstić information content (AvgIpc) is 3.34. The molecule has 7 nitrogen and oxygen atoms in total. The topological polar surface area (TPSA) is 82.1 Å². The molecule has 1 fully saturated rings. The molecule has 2 N–H and O–H groups in total. The van der Waals surface area contributed by atoms with E-state index in [1.54, 1.807) is 6.20 Å². The van der Waals surface area contributed by atoms with E-state index in [0.717, 1.165) is 24.8 Å². The summed E-state index contributed by atoms with van der Waals surface area (Å²) in [6.07, 6.45) is 6.38. The molecule has 0 atom stereocenters. The predicted molar refractivity (Wildman–Crippen MR) is 117 cm³/mol. The highest BCUT2D eigenvalue weighted by molar-refractivity contribution is 5.85. The van der Waals surface area contributed by atoms with E-state index in [-0.39, 0.29) is 12.4 Å². The van der Waals surface area contributed by atoms with E-state index >= 15 is 0 Å². The molecule has 2 aromatic heterocycles. The summed E-state index contributed by atoms with van der Waals surface area (Å²) in [7, 11) is 0. The van der Waals surface area contributed by atoms with Crippen LogP contribution in [0.5, 0.6) is 6.01 Å². The van der Waals surface area contributed by atoms with Gasteiger partial charge in [-0.15, -0.1) is 12.4 Å². The van der Waals surface area contributed by atoms with Crippen LogP contribution in [0.2, 0.25) is 0 Å². The second-order valence-electron chi connectivity index (χ2n) is 7.43. The molecule has 4 rings (SSSR count). The minimum atomic E-state index is 0. The third-order valence-electron chi connectivity index (χ3n) is 5.19. The lowest BCUT2D eigenvalue weighted by Crippen LogP contribution is -2.18. The summed E-state index contributed by atoms with van der Waals surface area (Å²) in [5.41, 5.74) is 9.32. The summed E-state index contributed by atoms with van der Waals surface area (Å²) in [6, 6.07) is 9.08. The fourth-order valence-electron chi connectivity index (χ4n) is 3.57. The SMILES string of the molecule is CCCCOc1nc(N)c2cnn(Cc3ccc(CN4CCCC4)cc3)c2n1.Cl. The average molecular weight is 417 g/mol. The number of hydrogen-bond acceptors (Lipinski definition) is 6. The van der Waals surface area contributed by atoms with Crippen LogP contribution in [0.4, 0.5) is 5.82 Å². The van der Waals surface area contributed by atoms with E-state index in [0.29, 0.717) is 30.6 Å². The molecule has 8 heteroatoms. The molecule has 3 heterocycles. The van der Waals surface area contributed by atoms with Gasteiger partial charge >= 0.3 is 6.01 Å². The van der Waals surface area contributed by atoms with E-state index in [4.69, 9.17) is 10.5 Å². The van der Waals surface area contributed by atoms with Gasteiger partial charge in [0.05, 0.1) is 24.7 Å². The third-order valence-corrected chi connectivity index (χ3v) is 5.19. The highest BCUT2D eigenvalue weighted by Crippen LogP contribution is 2.21. The number of unbranched alkanes of at least 4 members (excludes halogenated alkanes) is 1. The van der Waals surface area contributed by atoms with Crippen LogP contribution < -0.4 is 10.5 Å². The van der Waals surface area contributed by atoms with Gasteiger partial charge in [-0.3, -0.25) is 4.90 Å². The smallest absolute Gasteiger partial charge is 0.320 e. The molecule has 1 saturated heterocycles. The van der Waals surface area contributed by atoms with Gasteiger partial charge in [-0.2, -0.15) is 15.1 Å². The Morgan fingerprint density at radius 2 is 1.72 bits per heavy atom. The number of fused-ring (bicyclic) bond motifs is 1. The number of hydrogen-bond donors (Lipinski definition) is 1. The Kier molecular flexibility index (Phi) is 7.28. The van der Waals surface area contributed by atoms with Crippen molar-refractivity contribution in [3.05, 3.63) is 41.6 Å². The van der Waals surface area contributed by atoms with Gasteiger partial charge in [0, 0.05) is 6.54 Å². The highest BCUT2D eigenvalue weighted by Gasteiger charge is 2.13. The summed E-state index contributed by atoms with van der Waals surface area (Å²) >= 11 is 0. The van der Waals surface area contributed by atoms with E-state index in [2.05, 4.69) is 51.2 Å². The maximum Gasteiger partial charge on any atom is 0.320 e. The second-order valence-corrected chi connectivity index (χ2v) is 7.43. The summed E-state index contributed by atoms with van der Waals surface area (Å²) in [5, 5.41) is 5.22. The van der Waals surface area contributed by atoms with Crippen molar-refractivity contribution in [3.63, 3.8) is 0 Å². The van der Waals surface area contributed by atoms with Crippen molar-refractivity contribution in [2.45, 2.75) is 45.7 Å². The first kappa shape index (κ1) is 21.3. The standard InChI is InChI=1S/C21H28N6O.ClH/c1-2-3-12-28-21-24-19(22)18-13-23-27(20(18)25-21)15-17-8-6-16(7-9-17)14-26-10-4-5-11-26;/h6-9,13H,2-5,10-12,14-15H2,1H3,(H2,22,24,25);1H. The zero-order valence-corrected chi connectivity index (χ0v) is 17.7. The van der Waals surface area contributed by atoms with Gasteiger partial charge in [0.25, 0.3) is 0 Å². The van der Waals surface area contributed by atoms with Crippen LogP contribution in [0.1, 0.15) is 43.7 Å². The van der Waals surface area contributed by atoms with Gasteiger partial charge in [0.2, 0.25) is 0 Å². The van der Waals surface area contributed by atoms with Gasteiger partial charge in [0.1, 0.15) is 5.82 Å². The van der Waals surface area contributed by atoms with Crippen LogP contribution >= 0.6 is 12.4 Å². The number of benzene rings is 1. The van der Waals surface area contributed by atoms with E-state index < -0.39 is 0 Å². The molecule has 0 saturated carbocycles. The summed E-state index contributed by atoms with van der Waals surface area (Å²) in [6.45, 7) is 6.81. The van der Waals surface area contributed by atoms with Gasteiger partial charge < -0.3 is 10.5 Å². The van der Waals surface area contributed by atoms with E-state index in [1.807, 2.05) is 4.68 Å². The molecule has 1 aromatic carbocycles. The fraction of sp³-hybridized carbons (Fsp3) is 0.476. The Morgan fingerprint density at radius 3 is 2.41 bits per heavy atom. The van der Waals surface area contributed by atoms with Crippen molar-refractivity contribution in [2.75, 3.05) is 25.4 Å². The van der Waals surface area contributed by atoms with Gasteiger partial charge in [-0.25, -0.2) is 4.68 Å². The van der Waals surface area contributed by atoms with Crippen molar-refractivity contribution < 1.29 is 4.74 Å². The van der Waals surface area contributed by atoms with Crippen molar-refractivity contribution in [1.82, 2.24) is 24.6 Å². The quantitative estimate of drug-likeness (QED) is 0.564. The molecule has 0 amide bonds. The molecule has 156 valence electrons. The maximum atomic E-state index is 6.08. The van der Waals surface area contributed by atoms with Gasteiger partial charge in [-0.1, -0.05) is 37.6 Å². The maximum absolute atomic E-state index is 6.08. The number of nitrogen functional groups attached to an aromatic ring is 1. The number of likely N-dealkylation sites (tertiary alicyclic amines) is 1. The molecule has 1 aliphatic heterocycles. The van der Waals surface area contributed by atoms with Crippen molar-refractivity contribution in [3.8, 4) is 6.01 Å². The number of nitrogens with two attached hydrogens (primary N) is 1. The monoisotopic (exact) mass is 416 g/mol. The predicted octanol–water partition coefficient (Wildman–Crippen LogP) is 3.65. The lowest BCUT2D eigenvalue weighted by Gasteiger charge is -2.14. The van der Waals surface area contributed by atoms with Crippen LogP contribution in [0.15, 0.2) is 30.5 Å². The minimum absolute atomic E-state index is 0. The van der Waals surface area contributed by atoms with Crippen LogP contribution in [0.3, 0.4) is 0 Å². The number of nitrogens with zero attached hydrogens (tertiary/aromatic N) is 5. The van der Waals surface area contributed by atoms with E-state index in [1.165, 1.54) is 37.1 Å². The molecule has 0 radical (unpaired) electrons. The Labute approximate surface area is 177 Å². The Morgan fingerprint density at radius 1 is 1.03 bits per heavy atom. The summed E-state index contributed by atoms with van der Waals surface area (Å²) < 4.78 is 7.50. The first-order valence-electron chi connectivity index (χ1n) is 10.1. The molecule has 1 aliphatic rings. The van der Waals surface area contributed by atoms with Gasteiger partial charge in [0.15, 0.2) is 5.65 Å². The normalized spacial score (nSPS) is 14.2. The lowest BCUT2D eigenvalue weighted by molar-refractivity contribution is 0.286. The van der Waals surface area contributed by atoms with Crippen LogP contribution in [0, 0.1) is 0 Å².